The molecule has 16 nitrogen and oxygen atoms in total. The van der Waals surface area contributed by atoms with Crippen molar-refractivity contribution in [1.82, 2.24) is 16.0 Å². The minimum atomic E-state index is -1.37. The zero-order chi connectivity index (χ0) is 34.7. The van der Waals surface area contributed by atoms with E-state index < -0.39 is 67.6 Å². The van der Waals surface area contributed by atoms with Gasteiger partial charge in [-0.05, 0) is 30.2 Å². The summed E-state index contributed by atoms with van der Waals surface area (Å²) in [4.78, 5) is 70.9. The van der Waals surface area contributed by atoms with Gasteiger partial charge < -0.3 is 21.1 Å². The van der Waals surface area contributed by atoms with E-state index in [-0.39, 0.29) is 36.3 Å². The topological polar surface area (TPSA) is 237 Å². The third kappa shape index (κ3) is 11.5. The van der Waals surface area contributed by atoms with Crippen molar-refractivity contribution in [3.8, 4) is 0 Å². The molecule has 0 spiro atoms. The van der Waals surface area contributed by atoms with E-state index in [0.717, 1.165) is 12.1 Å². The van der Waals surface area contributed by atoms with E-state index >= 15 is 0 Å². The van der Waals surface area contributed by atoms with Crippen LogP contribution in [0.4, 0.5) is 17.1 Å². The first-order valence-electron chi connectivity index (χ1n) is 14.7. The summed E-state index contributed by atoms with van der Waals surface area (Å²) in [5.41, 5.74) is -1.65. The lowest BCUT2D eigenvalue weighted by Gasteiger charge is -2.29. The maximum absolute atomic E-state index is 13.7. The standard InChI is InChI=1S/C30H40N6O10/c1-17(2)10-25(27(37)11-19(5)28(38)31-16-18(3)4)32-30(40)26(12-20-6-8-22(9-7-20)34(41)42)33-29(39)21-13-23(35(43)44)15-24(14-21)36(45)46/h6-9,13-15,17-19,25-27,37H,10-12,16H2,1-5H3,(H,31,38)(H,32,40)(H,33,39)/t19-,25+,26+,27+/m1/s1. The molecule has 0 fully saturated rings. The van der Waals surface area contributed by atoms with Gasteiger partial charge in [-0.15, -0.1) is 0 Å². The lowest BCUT2D eigenvalue weighted by atomic mass is 9.92. The summed E-state index contributed by atoms with van der Waals surface area (Å²) >= 11 is 0. The largest absolute Gasteiger partial charge is 0.391 e. The smallest absolute Gasteiger partial charge is 0.277 e. The molecule has 16 heteroatoms. The molecular formula is C30H40N6O10. The Morgan fingerprint density at radius 1 is 0.739 bits per heavy atom. The van der Waals surface area contributed by atoms with E-state index in [9.17, 15) is 49.8 Å². The molecule has 0 aromatic heterocycles. The Hall–Kier alpha value is -4.99. The van der Waals surface area contributed by atoms with Crippen LogP contribution in [-0.4, -0.2) is 62.3 Å². The average molecular weight is 645 g/mol. The van der Waals surface area contributed by atoms with Gasteiger partial charge in [0.2, 0.25) is 11.8 Å². The molecule has 4 N–H and O–H groups in total. The Labute approximate surface area is 265 Å². The summed E-state index contributed by atoms with van der Waals surface area (Å²) in [6.07, 6.45) is -1.01. The normalized spacial score (nSPS) is 13.7. The number of aliphatic hydroxyl groups is 1. The average Bonchev–Trinajstić information content (AvgIpc) is 2.98. The van der Waals surface area contributed by atoms with Gasteiger partial charge in [0.05, 0.1) is 38.5 Å². The van der Waals surface area contributed by atoms with E-state index in [2.05, 4.69) is 16.0 Å². The van der Waals surface area contributed by atoms with Gasteiger partial charge in [-0.2, -0.15) is 0 Å². The van der Waals surface area contributed by atoms with Crippen molar-refractivity contribution < 1.29 is 34.3 Å². The van der Waals surface area contributed by atoms with Crippen LogP contribution in [0.5, 0.6) is 0 Å². The second-order valence-electron chi connectivity index (χ2n) is 12.0. The van der Waals surface area contributed by atoms with Crippen molar-refractivity contribution in [2.24, 2.45) is 17.8 Å². The number of rotatable bonds is 17. The third-order valence-corrected chi connectivity index (χ3v) is 7.04. The van der Waals surface area contributed by atoms with Crippen molar-refractivity contribution in [2.75, 3.05) is 6.54 Å². The fourth-order valence-electron chi connectivity index (χ4n) is 4.59. The molecule has 46 heavy (non-hydrogen) atoms. The Morgan fingerprint density at radius 2 is 1.28 bits per heavy atom. The lowest BCUT2D eigenvalue weighted by molar-refractivity contribution is -0.394. The molecule has 4 atom stereocenters. The number of carbonyl (C=O) groups excluding carboxylic acids is 3. The first kappa shape index (κ1) is 37.2. The number of nitro benzene ring substituents is 3. The molecular weight excluding hydrogens is 604 g/mol. The Morgan fingerprint density at radius 3 is 1.76 bits per heavy atom. The number of amides is 3. The first-order valence-corrected chi connectivity index (χ1v) is 14.7. The van der Waals surface area contributed by atoms with Crippen molar-refractivity contribution in [3.05, 3.63) is 83.9 Å². The highest BCUT2D eigenvalue weighted by Crippen LogP contribution is 2.23. The quantitative estimate of drug-likeness (QED) is 0.144. The van der Waals surface area contributed by atoms with Crippen LogP contribution in [-0.2, 0) is 16.0 Å². The van der Waals surface area contributed by atoms with E-state index in [4.69, 9.17) is 0 Å². The Bertz CT molecular complexity index is 1400. The molecule has 0 aliphatic carbocycles. The van der Waals surface area contributed by atoms with Crippen LogP contribution in [0.1, 0.15) is 63.4 Å². The summed E-state index contributed by atoms with van der Waals surface area (Å²) in [7, 11) is 0. The highest BCUT2D eigenvalue weighted by Gasteiger charge is 2.31. The molecule has 0 aliphatic heterocycles. The maximum atomic E-state index is 13.7. The maximum Gasteiger partial charge on any atom is 0.277 e. The third-order valence-electron chi connectivity index (χ3n) is 7.04. The van der Waals surface area contributed by atoms with Gasteiger partial charge >= 0.3 is 0 Å². The van der Waals surface area contributed by atoms with E-state index in [1.54, 1.807) is 6.92 Å². The van der Waals surface area contributed by atoms with E-state index in [1.807, 2.05) is 27.7 Å². The molecule has 0 aliphatic rings. The van der Waals surface area contributed by atoms with Crippen molar-refractivity contribution in [3.63, 3.8) is 0 Å². The number of nitro groups is 3. The van der Waals surface area contributed by atoms with Crippen LogP contribution in [0.25, 0.3) is 0 Å². The van der Waals surface area contributed by atoms with Gasteiger partial charge in [0, 0.05) is 43.1 Å². The Kier molecular flexibility index (Phi) is 13.7. The van der Waals surface area contributed by atoms with Crippen LogP contribution < -0.4 is 16.0 Å². The van der Waals surface area contributed by atoms with Gasteiger partial charge in [0.15, 0.2) is 0 Å². The zero-order valence-electron chi connectivity index (χ0n) is 26.3. The number of nitrogens with one attached hydrogen (secondary N) is 3. The second-order valence-corrected chi connectivity index (χ2v) is 12.0. The molecule has 250 valence electrons. The summed E-state index contributed by atoms with van der Waals surface area (Å²) < 4.78 is 0. The minimum Gasteiger partial charge on any atom is -0.391 e. The number of nitrogens with zero attached hydrogens (tertiary/aromatic N) is 3. The van der Waals surface area contributed by atoms with E-state index in [0.29, 0.717) is 24.6 Å². The SMILES string of the molecule is CC(C)CNC(=O)[C@H](C)C[C@H](O)[C@H](CC(C)C)NC(=O)[C@H](Cc1ccc([N+](=O)[O-])cc1)NC(=O)c1cc([N+](=O)[O-])cc([N+](=O)[O-])c1. The first-order chi connectivity index (χ1) is 21.5. The molecule has 0 saturated carbocycles. The Balaban J connectivity index is 2.39. The van der Waals surface area contributed by atoms with Crippen LogP contribution in [0.2, 0.25) is 0 Å². The molecule has 0 heterocycles. The molecule has 3 amide bonds. The highest BCUT2D eigenvalue weighted by molar-refractivity contribution is 5.98. The number of benzene rings is 2. The van der Waals surface area contributed by atoms with Crippen LogP contribution in [0, 0.1) is 48.1 Å². The monoisotopic (exact) mass is 644 g/mol. The van der Waals surface area contributed by atoms with Gasteiger partial charge in [-0.1, -0.05) is 46.8 Å². The van der Waals surface area contributed by atoms with Crippen molar-refractivity contribution >= 4 is 34.8 Å². The predicted molar refractivity (Wildman–Crippen MR) is 167 cm³/mol. The fourth-order valence-corrected chi connectivity index (χ4v) is 4.59. The molecule has 2 aromatic rings. The molecule has 0 unspecified atom stereocenters. The van der Waals surface area contributed by atoms with Crippen LogP contribution in [0.15, 0.2) is 42.5 Å². The highest BCUT2D eigenvalue weighted by atomic mass is 16.6. The molecule has 0 radical (unpaired) electrons. The summed E-state index contributed by atoms with van der Waals surface area (Å²) in [6, 6.07) is 5.35. The molecule has 2 rings (SSSR count). The summed E-state index contributed by atoms with van der Waals surface area (Å²) in [6.45, 7) is 9.75. The van der Waals surface area contributed by atoms with Gasteiger partial charge in [0.1, 0.15) is 6.04 Å². The summed E-state index contributed by atoms with van der Waals surface area (Å²) in [5, 5.41) is 52.9. The number of hydrogen-bond acceptors (Lipinski definition) is 10. The van der Waals surface area contributed by atoms with Gasteiger partial charge in [-0.3, -0.25) is 44.7 Å². The lowest BCUT2D eigenvalue weighted by Crippen LogP contribution is -2.54. The van der Waals surface area contributed by atoms with Crippen molar-refractivity contribution in [2.45, 2.75) is 72.1 Å². The van der Waals surface area contributed by atoms with Gasteiger partial charge in [0.25, 0.3) is 23.0 Å². The van der Waals surface area contributed by atoms with Crippen molar-refractivity contribution in [1.29, 1.82) is 0 Å². The molecule has 2 aromatic carbocycles. The number of carbonyl (C=O) groups is 3. The zero-order valence-corrected chi connectivity index (χ0v) is 26.3. The number of aliphatic hydroxyl groups excluding tert-OH is 1. The minimum absolute atomic E-state index is 0.00171. The molecule has 0 bridgehead atoms. The fraction of sp³-hybridized carbons (Fsp3) is 0.500. The van der Waals surface area contributed by atoms with Gasteiger partial charge in [-0.25, -0.2) is 0 Å². The second kappa shape index (κ2) is 16.9. The number of hydrogen-bond donors (Lipinski definition) is 4. The summed E-state index contributed by atoms with van der Waals surface area (Å²) in [5.74, 6) is -2.39. The van der Waals surface area contributed by atoms with E-state index in [1.165, 1.54) is 24.3 Å². The van der Waals surface area contributed by atoms with Crippen LogP contribution in [0.3, 0.4) is 0 Å². The predicted octanol–water partition coefficient (Wildman–Crippen LogP) is 3.44. The van der Waals surface area contributed by atoms with Crippen LogP contribution >= 0.6 is 0 Å². The number of non-ortho nitro benzene ring substituents is 3. The molecule has 0 saturated heterocycles.